The maximum Gasteiger partial charge on any atom is 0.264 e. The van der Waals surface area contributed by atoms with Crippen molar-refractivity contribution >= 4 is 5.71 Å². The first-order valence-corrected chi connectivity index (χ1v) is 8.95. The quantitative estimate of drug-likeness (QED) is 0.805. The van der Waals surface area contributed by atoms with Gasteiger partial charge in [0.2, 0.25) is 0 Å². The van der Waals surface area contributed by atoms with Crippen LogP contribution in [0.3, 0.4) is 0 Å². The second-order valence-electron chi connectivity index (χ2n) is 6.61. The molecule has 0 bridgehead atoms. The van der Waals surface area contributed by atoms with E-state index >= 15 is 0 Å². The topological polar surface area (TPSA) is 68.9 Å². The van der Waals surface area contributed by atoms with E-state index in [1.165, 1.54) is 6.07 Å². The highest BCUT2D eigenvalue weighted by atomic mass is 19.3. The standard InChI is InChI=1S/C19H25F2N3O2/c1-12-2-3-14(10-15(12)18(20)21)26-19(22)16-11-23-7-4-17(16)24-13-5-8-25-9-6-13/h2-3,10,13,18,23H,4-9,11,22H2,1H3/b19-16+,24-17?. The minimum Gasteiger partial charge on any atom is -0.441 e. The van der Waals surface area contributed by atoms with Crippen molar-refractivity contribution in [3.63, 3.8) is 0 Å². The molecule has 2 heterocycles. The van der Waals surface area contributed by atoms with Crippen LogP contribution in [0.25, 0.3) is 0 Å². The van der Waals surface area contributed by atoms with Crippen LogP contribution < -0.4 is 15.8 Å². The van der Waals surface area contributed by atoms with Gasteiger partial charge < -0.3 is 20.5 Å². The van der Waals surface area contributed by atoms with Gasteiger partial charge in [0.05, 0.1) is 6.04 Å². The van der Waals surface area contributed by atoms with Crippen LogP contribution in [-0.2, 0) is 4.74 Å². The summed E-state index contributed by atoms with van der Waals surface area (Å²) >= 11 is 0. The van der Waals surface area contributed by atoms with Gasteiger partial charge in [-0.2, -0.15) is 0 Å². The maximum absolute atomic E-state index is 13.1. The SMILES string of the molecule is Cc1ccc(O/C(N)=C2\CNCCC2=NC2CCOCC2)cc1C(F)F. The van der Waals surface area contributed by atoms with E-state index < -0.39 is 6.43 Å². The molecule has 2 saturated heterocycles. The molecule has 0 aliphatic carbocycles. The summed E-state index contributed by atoms with van der Waals surface area (Å²) in [5.74, 6) is 0.527. The Kier molecular flexibility index (Phi) is 6.21. The second kappa shape index (κ2) is 8.60. The molecule has 3 N–H and O–H groups in total. The zero-order chi connectivity index (χ0) is 18.5. The Balaban J connectivity index is 1.82. The number of nitrogens with zero attached hydrogens (tertiary/aromatic N) is 1. The van der Waals surface area contributed by atoms with E-state index in [9.17, 15) is 8.78 Å². The third-order valence-corrected chi connectivity index (χ3v) is 4.73. The molecule has 2 aliphatic rings. The average Bonchev–Trinajstić information content (AvgIpc) is 2.64. The number of aliphatic imine (C=N–C) groups is 1. The largest absolute Gasteiger partial charge is 0.441 e. The lowest BCUT2D eigenvalue weighted by Gasteiger charge is -2.24. The van der Waals surface area contributed by atoms with Crippen LogP contribution in [0.1, 0.15) is 36.8 Å². The smallest absolute Gasteiger partial charge is 0.264 e. The molecule has 0 aromatic heterocycles. The van der Waals surface area contributed by atoms with E-state index in [-0.39, 0.29) is 17.5 Å². The Morgan fingerprint density at radius 3 is 2.85 bits per heavy atom. The number of alkyl halides is 2. The molecule has 1 aromatic carbocycles. The van der Waals surface area contributed by atoms with Crippen LogP contribution in [0.5, 0.6) is 5.75 Å². The Morgan fingerprint density at radius 1 is 1.35 bits per heavy atom. The molecule has 2 fully saturated rings. The highest BCUT2D eigenvalue weighted by molar-refractivity contribution is 6.01. The highest BCUT2D eigenvalue weighted by Crippen LogP contribution is 2.27. The molecular formula is C19H25F2N3O2. The molecule has 0 radical (unpaired) electrons. The molecule has 1 aromatic rings. The number of piperidine rings is 1. The Hall–Kier alpha value is -1.99. The Bertz CT molecular complexity index is 698. The minimum absolute atomic E-state index is 0.0434. The molecule has 5 nitrogen and oxygen atoms in total. The molecule has 142 valence electrons. The van der Waals surface area contributed by atoms with Crippen molar-refractivity contribution in [2.24, 2.45) is 10.7 Å². The third kappa shape index (κ3) is 4.59. The van der Waals surface area contributed by atoms with Gasteiger partial charge in [-0.3, -0.25) is 4.99 Å². The van der Waals surface area contributed by atoms with Gasteiger partial charge in [-0.25, -0.2) is 8.78 Å². The number of hydrogen-bond donors (Lipinski definition) is 2. The average molecular weight is 365 g/mol. The number of benzene rings is 1. The van der Waals surface area contributed by atoms with E-state index in [0.29, 0.717) is 17.9 Å². The summed E-state index contributed by atoms with van der Waals surface area (Å²) in [6.07, 6.45) is 0.0308. The van der Waals surface area contributed by atoms with Gasteiger partial charge in [0.15, 0.2) is 5.88 Å². The molecule has 26 heavy (non-hydrogen) atoms. The lowest BCUT2D eigenvalue weighted by molar-refractivity contribution is 0.0870. The summed E-state index contributed by atoms with van der Waals surface area (Å²) in [5, 5.41) is 3.26. The minimum atomic E-state index is -2.55. The van der Waals surface area contributed by atoms with E-state index in [2.05, 4.69) is 5.32 Å². The second-order valence-corrected chi connectivity index (χ2v) is 6.61. The van der Waals surface area contributed by atoms with Gasteiger partial charge in [0.25, 0.3) is 6.43 Å². The fraction of sp³-hybridized carbons (Fsp3) is 0.526. The van der Waals surface area contributed by atoms with Crippen molar-refractivity contribution < 1.29 is 18.3 Å². The molecule has 7 heteroatoms. The zero-order valence-corrected chi connectivity index (χ0v) is 14.9. The van der Waals surface area contributed by atoms with Gasteiger partial charge in [0, 0.05) is 49.6 Å². The maximum atomic E-state index is 13.1. The van der Waals surface area contributed by atoms with Crippen LogP contribution in [0.2, 0.25) is 0 Å². The number of rotatable bonds is 4. The number of nitrogens with two attached hydrogens (primary N) is 1. The molecule has 0 saturated carbocycles. The summed E-state index contributed by atoms with van der Waals surface area (Å²) in [6, 6.07) is 4.86. The van der Waals surface area contributed by atoms with E-state index in [0.717, 1.165) is 50.3 Å². The first-order chi connectivity index (χ1) is 12.5. The van der Waals surface area contributed by atoms with Crippen molar-refractivity contribution in [3.05, 3.63) is 40.8 Å². The first kappa shape index (κ1) is 18.8. The lowest BCUT2D eigenvalue weighted by Crippen LogP contribution is -2.35. The van der Waals surface area contributed by atoms with E-state index in [1.807, 2.05) is 0 Å². The lowest BCUT2D eigenvalue weighted by atomic mass is 10.0. The zero-order valence-electron chi connectivity index (χ0n) is 14.9. The van der Waals surface area contributed by atoms with Crippen LogP contribution in [-0.4, -0.2) is 38.1 Å². The van der Waals surface area contributed by atoms with E-state index in [1.54, 1.807) is 19.1 Å². The van der Waals surface area contributed by atoms with E-state index in [4.69, 9.17) is 20.2 Å². The molecule has 0 spiro atoms. The van der Waals surface area contributed by atoms with Crippen LogP contribution in [0.4, 0.5) is 8.78 Å². The molecule has 2 aliphatic heterocycles. The predicted molar refractivity (Wildman–Crippen MR) is 96.7 cm³/mol. The summed E-state index contributed by atoms with van der Waals surface area (Å²) < 4.78 is 37.2. The van der Waals surface area contributed by atoms with Gasteiger partial charge in [-0.05, 0) is 37.5 Å². The predicted octanol–water partition coefficient (Wildman–Crippen LogP) is 3.10. The number of halogens is 2. The molecule has 0 amide bonds. The molecule has 3 rings (SSSR count). The fourth-order valence-corrected chi connectivity index (χ4v) is 3.19. The summed E-state index contributed by atoms with van der Waals surface area (Å²) in [6.45, 7) is 4.49. The van der Waals surface area contributed by atoms with Crippen LogP contribution in [0, 0.1) is 6.92 Å². The summed E-state index contributed by atoms with van der Waals surface area (Å²) in [5.41, 5.74) is 8.40. The van der Waals surface area contributed by atoms with Crippen molar-refractivity contribution in [1.82, 2.24) is 5.32 Å². The highest BCUT2D eigenvalue weighted by Gasteiger charge is 2.21. The van der Waals surface area contributed by atoms with Crippen molar-refractivity contribution in [1.29, 1.82) is 0 Å². The van der Waals surface area contributed by atoms with Gasteiger partial charge in [0.1, 0.15) is 5.75 Å². The van der Waals surface area contributed by atoms with Gasteiger partial charge >= 0.3 is 0 Å². The van der Waals surface area contributed by atoms with Crippen LogP contribution in [0.15, 0.2) is 34.6 Å². The fourth-order valence-electron chi connectivity index (χ4n) is 3.19. The van der Waals surface area contributed by atoms with Crippen molar-refractivity contribution in [3.8, 4) is 5.75 Å². The molecule has 0 atom stereocenters. The monoisotopic (exact) mass is 365 g/mol. The van der Waals surface area contributed by atoms with Crippen molar-refractivity contribution in [2.75, 3.05) is 26.3 Å². The Labute approximate surface area is 152 Å². The van der Waals surface area contributed by atoms with Gasteiger partial charge in [-0.1, -0.05) is 6.07 Å². The normalized spacial score (nSPS) is 22.7. The third-order valence-electron chi connectivity index (χ3n) is 4.73. The molecular weight excluding hydrogens is 340 g/mol. The summed E-state index contributed by atoms with van der Waals surface area (Å²) in [7, 11) is 0. The van der Waals surface area contributed by atoms with Crippen LogP contribution >= 0.6 is 0 Å². The number of aryl methyl sites for hydroxylation is 1. The van der Waals surface area contributed by atoms with Crippen molar-refractivity contribution in [2.45, 2.75) is 38.7 Å². The van der Waals surface area contributed by atoms with Gasteiger partial charge in [-0.15, -0.1) is 0 Å². The first-order valence-electron chi connectivity index (χ1n) is 8.95. The number of nitrogens with one attached hydrogen (secondary N) is 1. The number of hydrogen-bond acceptors (Lipinski definition) is 5. The summed E-state index contributed by atoms with van der Waals surface area (Å²) in [4.78, 5) is 4.86. The number of ether oxygens (including phenoxy) is 2. The molecule has 0 unspecified atom stereocenters. The Morgan fingerprint density at radius 2 is 2.12 bits per heavy atom.